The molecule has 154 valence electrons. The molecule has 0 aliphatic carbocycles. The Labute approximate surface area is 177 Å². The number of benzene rings is 3. The van der Waals surface area contributed by atoms with Crippen LogP contribution in [0.2, 0.25) is 0 Å². The Bertz CT molecular complexity index is 925. The van der Waals surface area contributed by atoms with Crippen molar-refractivity contribution in [3.8, 4) is 0 Å². The van der Waals surface area contributed by atoms with E-state index < -0.39 is 17.4 Å². The fourth-order valence-electron chi connectivity index (χ4n) is 3.83. The summed E-state index contributed by atoms with van der Waals surface area (Å²) in [5, 5.41) is 18.5. The van der Waals surface area contributed by atoms with Gasteiger partial charge in [-0.2, -0.15) is 0 Å². The minimum atomic E-state index is -0.960. The summed E-state index contributed by atoms with van der Waals surface area (Å²) < 4.78 is 8.06. The van der Waals surface area contributed by atoms with Crippen molar-refractivity contribution in [3.63, 3.8) is 0 Å². The maximum Gasteiger partial charge on any atom is 0.335 e. The first-order valence-electron chi connectivity index (χ1n) is 9.42. The number of hydrogen-bond acceptors (Lipinski definition) is 3. The van der Waals surface area contributed by atoms with E-state index in [0.29, 0.717) is 0 Å². The lowest BCUT2D eigenvalue weighted by Crippen LogP contribution is -2.29. The van der Waals surface area contributed by atoms with Gasteiger partial charge in [0.25, 0.3) is 0 Å². The van der Waals surface area contributed by atoms with Crippen molar-refractivity contribution in [2.45, 2.75) is 25.2 Å². The number of carboxylic acid groups (broad SMARTS) is 2. The lowest BCUT2D eigenvalue weighted by Gasteiger charge is -2.36. The Morgan fingerprint density at radius 2 is 1.07 bits per heavy atom. The van der Waals surface area contributed by atoms with Crippen molar-refractivity contribution < 1.29 is 24.4 Å². The van der Waals surface area contributed by atoms with Crippen molar-refractivity contribution >= 4 is 21.1 Å². The van der Waals surface area contributed by atoms with Crippen LogP contribution in [0.1, 0.15) is 57.2 Å². The van der Waals surface area contributed by atoms with Gasteiger partial charge in [0.2, 0.25) is 0 Å². The molecule has 3 aromatic rings. The molecule has 30 heavy (non-hydrogen) atoms. The monoisotopic (exact) mass is 422 g/mol. The normalized spacial score (nSPS) is 10.6. The predicted octanol–water partition coefficient (Wildman–Crippen LogP) is 5.69. The average Bonchev–Trinajstić information content (AvgIpc) is 2.79. The zero-order chi connectivity index (χ0) is 22.1. The summed E-state index contributed by atoms with van der Waals surface area (Å²) in [4.78, 5) is 22.5. The molecule has 5 nitrogen and oxygen atoms in total. The van der Waals surface area contributed by atoms with E-state index in [1.165, 1.54) is 0 Å². The Morgan fingerprint density at radius 3 is 1.40 bits per heavy atom. The molecule has 0 amide bonds. The molecule has 0 saturated heterocycles. The zero-order valence-corrected chi connectivity index (χ0v) is 17.5. The van der Waals surface area contributed by atoms with Gasteiger partial charge in [0.15, 0.2) is 0 Å². The van der Waals surface area contributed by atoms with E-state index >= 15 is 0 Å². The highest BCUT2D eigenvalue weighted by Gasteiger charge is 2.35. The second-order valence-corrected chi connectivity index (χ2v) is 6.79. The van der Waals surface area contributed by atoms with E-state index in [9.17, 15) is 19.8 Å². The van der Waals surface area contributed by atoms with Gasteiger partial charge in [-0.15, -0.1) is 0 Å². The largest absolute Gasteiger partial charge is 0.478 e. The predicted molar refractivity (Wildman–Crippen MR) is 117 cm³/mol. The molecule has 0 saturated carbocycles. The second kappa shape index (κ2) is 10.5. The molecule has 0 heterocycles. The summed E-state index contributed by atoms with van der Waals surface area (Å²) in [7, 11) is 1.72. The highest BCUT2D eigenvalue weighted by atomic mass is 31.0. The number of carboxylic acids is 2. The first-order chi connectivity index (χ1) is 14.5. The van der Waals surface area contributed by atoms with Crippen molar-refractivity contribution in [1.29, 1.82) is 0 Å². The van der Waals surface area contributed by atoms with Crippen LogP contribution >= 0.6 is 9.12 Å². The van der Waals surface area contributed by atoms with Crippen LogP contribution in [0, 0.1) is 0 Å². The highest BCUT2D eigenvalue weighted by Crippen LogP contribution is 2.43. The fourth-order valence-corrected chi connectivity index (χ4v) is 3.83. The quantitative estimate of drug-likeness (QED) is 0.377. The van der Waals surface area contributed by atoms with Gasteiger partial charge in [-0.3, -0.25) is 4.57 Å². The van der Waals surface area contributed by atoms with Gasteiger partial charge in [0.05, 0.1) is 11.1 Å². The van der Waals surface area contributed by atoms with Crippen molar-refractivity contribution in [2.75, 3.05) is 0 Å². The molecule has 0 aliphatic rings. The SMILES string of the molecule is CCCC(c1ccccc1)(c1ccc(C(=O)O)cc1)c1ccc(C(=O)O)cc1.O=P. The number of hydrogen-bond donors (Lipinski definition) is 2. The molecule has 0 unspecified atom stereocenters. The molecule has 0 atom stereocenters. The van der Waals surface area contributed by atoms with Crippen LogP contribution in [0.25, 0.3) is 0 Å². The molecule has 3 aromatic carbocycles. The number of aromatic carboxylic acids is 2. The molecule has 0 aliphatic heterocycles. The van der Waals surface area contributed by atoms with Crippen LogP contribution in [-0.2, 0) is 9.98 Å². The van der Waals surface area contributed by atoms with Gasteiger partial charge in [-0.05, 0) is 47.4 Å². The van der Waals surface area contributed by atoms with Gasteiger partial charge in [0.1, 0.15) is 9.12 Å². The van der Waals surface area contributed by atoms with E-state index in [2.05, 4.69) is 19.1 Å². The van der Waals surface area contributed by atoms with Gasteiger partial charge >= 0.3 is 11.9 Å². The Morgan fingerprint density at radius 1 is 0.700 bits per heavy atom. The maximum absolute atomic E-state index is 11.3. The van der Waals surface area contributed by atoms with Crippen LogP contribution < -0.4 is 0 Å². The lowest BCUT2D eigenvalue weighted by atomic mass is 9.66. The Balaban J connectivity index is 0.00000155. The van der Waals surface area contributed by atoms with Crippen LogP contribution in [0.15, 0.2) is 78.9 Å². The lowest BCUT2D eigenvalue weighted by molar-refractivity contribution is 0.0686. The van der Waals surface area contributed by atoms with Crippen LogP contribution in [0.4, 0.5) is 0 Å². The Kier molecular flexibility index (Phi) is 8.02. The highest BCUT2D eigenvalue weighted by molar-refractivity contribution is 7.00. The van der Waals surface area contributed by atoms with Crippen molar-refractivity contribution in [3.05, 3.63) is 107 Å². The third-order valence-corrected chi connectivity index (χ3v) is 5.14. The molecular weight excluding hydrogens is 399 g/mol. The first-order valence-corrected chi connectivity index (χ1v) is 9.83. The van der Waals surface area contributed by atoms with E-state index in [4.69, 9.17) is 4.57 Å². The summed E-state index contributed by atoms with van der Waals surface area (Å²) in [6.07, 6.45) is 1.70. The molecule has 6 heteroatoms. The third kappa shape index (κ3) is 4.64. The standard InChI is InChI=1S/C24H22O4.HOP/c1-2-16-24(19-6-4-3-5-7-19,20-12-8-17(9-13-20)22(25)26)21-14-10-18(11-15-21)23(27)28;1-2/h3-15H,2,16H2,1H3,(H,25,26)(H,27,28);2H. The minimum Gasteiger partial charge on any atom is -0.478 e. The molecule has 2 N–H and O–H groups in total. The van der Waals surface area contributed by atoms with Crippen LogP contribution in [0.3, 0.4) is 0 Å². The van der Waals surface area contributed by atoms with Gasteiger partial charge in [0, 0.05) is 5.41 Å². The van der Waals surface area contributed by atoms with E-state index in [1.54, 1.807) is 33.4 Å². The maximum atomic E-state index is 11.3. The van der Waals surface area contributed by atoms with Crippen molar-refractivity contribution in [1.82, 2.24) is 0 Å². The summed E-state index contributed by atoms with van der Waals surface area (Å²) in [5.74, 6) is -1.92. The Hall–Kier alpha value is -3.30. The first kappa shape index (κ1) is 23.0. The molecule has 0 aromatic heterocycles. The van der Waals surface area contributed by atoms with Crippen LogP contribution in [0.5, 0.6) is 0 Å². The molecule has 0 radical (unpaired) electrons. The average molecular weight is 422 g/mol. The third-order valence-electron chi connectivity index (χ3n) is 5.14. The molecule has 3 rings (SSSR count). The molecule has 0 fully saturated rings. The van der Waals surface area contributed by atoms with Crippen molar-refractivity contribution in [2.24, 2.45) is 0 Å². The summed E-state index contributed by atoms with van der Waals surface area (Å²) in [6, 6.07) is 24.0. The second-order valence-electron chi connectivity index (χ2n) is 6.79. The molecular formula is C24H23O5P. The van der Waals surface area contributed by atoms with Gasteiger partial charge < -0.3 is 10.2 Å². The van der Waals surface area contributed by atoms with E-state index in [-0.39, 0.29) is 11.1 Å². The summed E-state index contributed by atoms with van der Waals surface area (Å²) >= 11 is 0. The summed E-state index contributed by atoms with van der Waals surface area (Å²) in [5.41, 5.74) is 3.03. The van der Waals surface area contributed by atoms with E-state index in [1.807, 2.05) is 42.5 Å². The summed E-state index contributed by atoms with van der Waals surface area (Å²) in [6.45, 7) is 2.11. The molecule has 0 bridgehead atoms. The zero-order valence-electron chi connectivity index (χ0n) is 16.5. The topological polar surface area (TPSA) is 91.7 Å². The fraction of sp³-hybridized carbons (Fsp3) is 0.167. The smallest absolute Gasteiger partial charge is 0.335 e. The van der Waals surface area contributed by atoms with E-state index in [0.717, 1.165) is 29.5 Å². The number of carbonyl (C=O) groups is 2. The van der Waals surface area contributed by atoms with Gasteiger partial charge in [-0.25, -0.2) is 9.59 Å². The van der Waals surface area contributed by atoms with Gasteiger partial charge in [-0.1, -0.05) is 67.9 Å². The minimum absolute atomic E-state index is 0.239. The number of rotatable bonds is 7. The molecule has 0 spiro atoms. The van der Waals surface area contributed by atoms with Crippen LogP contribution in [-0.4, -0.2) is 22.2 Å².